The van der Waals surface area contributed by atoms with Crippen molar-refractivity contribution in [1.82, 2.24) is 0 Å². The van der Waals surface area contributed by atoms with Crippen LogP contribution in [0.2, 0.25) is 0 Å². The van der Waals surface area contributed by atoms with Gasteiger partial charge in [-0.3, -0.25) is 0 Å². The van der Waals surface area contributed by atoms with Gasteiger partial charge < -0.3 is 0 Å². The van der Waals surface area contributed by atoms with Gasteiger partial charge in [-0.2, -0.15) is 0 Å². The molecule has 0 radical (unpaired) electrons. The Hall–Kier alpha value is 0.700. The van der Waals surface area contributed by atoms with Crippen LogP contribution in [-0.4, -0.2) is 11.0 Å². The molecule has 1 N–H and O–H groups in total. The van der Waals surface area contributed by atoms with Gasteiger partial charge in [0.05, 0.1) is 0 Å². The quantitative estimate of drug-likeness (QED) is 0.328. The fourth-order valence-electron chi connectivity index (χ4n) is 0.434. The van der Waals surface area contributed by atoms with Gasteiger partial charge in [0.25, 0.3) is 0 Å². The third-order valence-corrected chi connectivity index (χ3v) is 9.98. The number of alkyl halides is 1. The summed E-state index contributed by atoms with van der Waals surface area (Å²) in [7, 11) is 0. The van der Waals surface area contributed by atoms with E-state index < -0.39 is 4.28 Å². The normalized spacial score (nSPS) is 15.4. The van der Waals surface area contributed by atoms with Crippen molar-refractivity contribution in [3.8, 4) is 6.07 Å². The molecule has 0 saturated heterocycles. The molecule has 0 aromatic rings. The van der Waals surface area contributed by atoms with Gasteiger partial charge >= 0.3 is 88.0 Å². The first-order chi connectivity index (χ1) is 5.62. The third-order valence-electron chi connectivity index (χ3n) is 0.895. The van der Waals surface area contributed by atoms with E-state index in [0.717, 1.165) is 10.8 Å². The molecule has 0 fully saturated rings. The van der Waals surface area contributed by atoms with Crippen LogP contribution in [0.3, 0.4) is 0 Å². The standard InChI is InChI=1S/C6H12ClIN2OP/c1-2-4-8-12(7,10)11-6-3-5-9/h10H,2-4,6H2,1H3/q-1. The number of halogens is 2. The molecular weight excluding hydrogens is 309 g/mol. The summed E-state index contributed by atoms with van der Waals surface area (Å²) < 4.78 is 3.87. The van der Waals surface area contributed by atoms with Crippen LogP contribution in [0.25, 0.3) is 0 Å². The van der Waals surface area contributed by atoms with Crippen molar-refractivity contribution in [3.63, 3.8) is 0 Å². The van der Waals surface area contributed by atoms with Crippen molar-refractivity contribution in [1.29, 1.82) is 10.4 Å². The van der Waals surface area contributed by atoms with E-state index in [0.29, 0.717) is 13.0 Å². The topological polar surface area (TPSA) is 56.9 Å². The van der Waals surface area contributed by atoms with E-state index in [-0.39, 0.29) is 20.7 Å². The summed E-state index contributed by atoms with van der Waals surface area (Å²) in [5, 5.41) is 15.8. The SMILES string of the molecule is CCC[I-]P(=N)(Cl)OCCC#N. The molecular formula is C6H12ClIN2OP-. The Balaban J connectivity index is 3.58. The summed E-state index contributed by atoms with van der Waals surface area (Å²) in [6.45, 7) is 2.40. The van der Waals surface area contributed by atoms with Crippen LogP contribution in [0.15, 0.2) is 0 Å². The van der Waals surface area contributed by atoms with E-state index >= 15 is 0 Å². The maximum absolute atomic E-state index is 8.23. The second-order valence-corrected chi connectivity index (χ2v) is 13.8. The van der Waals surface area contributed by atoms with Crippen LogP contribution in [0.1, 0.15) is 19.8 Å². The summed E-state index contributed by atoms with van der Waals surface area (Å²) in [5.74, 6) is 0. The minimum atomic E-state index is -2.31. The number of nitrogens with zero attached hydrogens (tertiary/aromatic N) is 1. The van der Waals surface area contributed by atoms with Gasteiger partial charge in [0, 0.05) is 0 Å². The van der Waals surface area contributed by atoms with E-state index in [2.05, 4.69) is 6.92 Å². The molecule has 12 heavy (non-hydrogen) atoms. The molecule has 0 heterocycles. The number of hydrogen-bond donors (Lipinski definition) is 1. The van der Waals surface area contributed by atoms with E-state index in [1.165, 1.54) is 0 Å². The molecule has 0 aliphatic carbocycles. The fraction of sp³-hybridized carbons (Fsp3) is 0.833. The van der Waals surface area contributed by atoms with Crippen molar-refractivity contribution < 1.29 is 25.2 Å². The molecule has 0 amide bonds. The Kier molecular flexibility index (Phi) is 7.55. The summed E-state index contributed by atoms with van der Waals surface area (Å²) in [4.78, 5) is 0. The average Bonchev–Trinajstić information content (AvgIpc) is 2.01. The zero-order chi connectivity index (χ0) is 9.45. The first-order valence-corrected chi connectivity index (χ1v) is 10.5. The van der Waals surface area contributed by atoms with Crippen molar-refractivity contribution in [3.05, 3.63) is 0 Å². The molecule has 0 aliphatic heterocycles. The molecule has 0 aromatic carbocycles. The number of rotatable bonds is 6. The molecule has 1 unspecified atom stereocenters. The summed E-state index contributed by atoms with van der Waals surface area (Å²) in [6, 6.07) is 1.96. The Bertz CT molecular complexity index is 206. The van der Waals surface area contributed by atoms with Crippen LogP contribution in [0.5, 0.6) is 0 Å². The van der Waals surface area contributed by atoms with Gasteiger partial charge in [-0.1, -0.05) is 0 Å². The second-order valence-electron chi connectivity index (χ2n) is 2.01. The Morgan fingerprint density at radius 2 is 2.42 bits per heavy atom. The van der Waals surface area contributed by atoms with Crippen LogP contribution in [0.4, 0.5) is 0 Å². The van der Waals surface area contributed by atoms with Crippen molar-refractivity contribution in [2.45, 2.75) is 19.8 Å². The first kappa shape index (κ1) is 12.7. The molecule has 0 saturated carbocycles. The molecule has 0 rings (SSSR count). The van der Waals surface area contributed by atoms with Gasteiger partial charge in [-0.05, 0) is 0 Å². The maximum atomic E-state index is 8.23. The zero-order valence-electron chi connectivity index (χ0n) is 6.89. The minimum absolute atomic E-state index is 0.320. The molecule has 0 aromatic heterocycles. The summed E-state index contributed by atoms with van der Waals surface area (Å²) in [5.41, 5.74) is 0. The monoisotopic (exact) mass is 321 g/mol. The Morgan fingerprint density at radius 1 is 1.75 bits per heavy atom. The Morgan fingerprint density at radius 3 is 2.92 bits per heavy atom. The predicted molar refractivity (Wildman–Crippen MR) is 46.8 cm³/mol. The molecule has 0 bridgehead atoms. The molecule has 0 aliphatic rings. The Labute approximate surface area is 87.8 Å². The van der Waals surface area contributed by atoms with Crippen molar-refractivity contribution in [2.24, 2.45) is 0 Å². The van der Waals surface area contributed by atoms with Gasteiger partial charge in [-0.15, -0.1) is 0 Å². The van der Waals surface area contributed by atoms with Gasteiger partial charge in [0.15, 0.2) is 0 Å². The molecule has 6 heteroatoms. The van der Waals surface area contributed by atoms with Gasteiger partial charge in [0.2, 0.25) is 0 Å². The van der Waals surface area contributed by atoms with Crippen LogP contribution >= 0.6 is 15.5 Å². The van der Waals surface area contributed by atoms with Crippen molar-refractivity contribution >= 4 is 15.5 Å². The molecule has 3 nitrogen and oxygen atoms in total. The first-order valence-electron chi connectivity index (χ1n) is 3.58. The number of hydrogen-bond acceptors (Lipinski definition) is 3. The summed E-state index contributed by atoms with van der Waals surface area (Å²) >= 11 is 5.52. The van der Waals surface area contributed by atoms with Gasteiger partial charge in [0.1, 0.15) is 0 Å². The van der Waals surface area contributed by atoms with Crippen LogP contribution in [-0.2, 0) is 4.52 Å². The van der Waals surface area contributed by atoms with E-state index in [1.807, 2.05) is 6.07 Å². The summed E-state index contributed by atoms with van der Waals surface area (Å²) in [6.07, 6.45) is 1.41. The predicted octanol–water partition coefficient (Wildman–Crippen LogP) is 0.179. The van der Waals surface area contributed by atoms with Crippen LogP contribution in [0, 0.1) is 16.5 Å². The molecule has 0 spiro atoms. The van der Waals surface area contributed by atoms with Gasteiger partial charge in [-0.25, -0.2) is 0 Å². The fourth-order valence-corrected chi connectivity index (χ4v) is 7.19. The number of nitrogens with one attached hydrogen (secondary N) is 1. The molecule has 1 atom stereocenters. The second kappa shape index (κ2) is 7.14. The van der Waals surface area contributed by atoms with E-state index in [4.69, 9.17) is 26.2 Å². The van der Waals surface area contributed by atoms with E-state index in [1.54, 1.807) is 0 Å². The van der Waals surface area contributed by atoms with Crippen LogP contribution < -0.4 is 20.7 Å². The molecule has 72 valence electrons. The van der Waals surface area contributed by atoms with Crippen molar-refractivity contribution in [2.75, 3.05) is 11.0 Å². The third kappa shape index (κ3) is 7.35. The average molecular weight is 322 g/mol. The number of nitriles is 1. The van der Waals surface area contributed by atoms with E-state index in [9.17, 15) is 0 Å². The zero-order valence-corrected chi connectivity index (χ0v) is 10.7.